The summed E-state index contributed by atoms with van der Waals surface area (Å²) in [6.07, 6.45) is 1.53. The maximum atomic E-state index is 11.8. The second-order valence-electron chi connectivity index (χ2n) is 4.69. The summed E-state index contributed by atoms with van der Waals surface area (Å²) in [5.41, 5.74) is 1.01. The maximum absolute atomic E-state index is 11.8. The summed E-state index contributed by atoms with van der Waals surface area (Å²) in [4.78, 5) is 28.1. The molecule has 2 N–H and O–H groups in total. The predicted molar refractivity (Wildman–Crippen MR) is 72.1 cm³/mol. The third-order valence-electron chi connectivity index (χ3n) is 2.92. The van der Waals surface area contributed by atoms with Gasteiger partial charge in [0, 0.05) is 32.0 Å². The van der Waals surface area contributed by atoms with Crippen LogP contribution in [0.1, 0.15) is 24.3 Å². The number of carboxylic acid groups (broad SMARTS) is 1. The lowest BCUT2D eigenvalue weighted by Gasteiger charge is -2.19. The number of aromatic nitrogens is 1. The molecule has 2 unspecified atom stereocenters. The number of aliphatic carboxylic acids is 1. The van der Waals surface area contributed by atoms with Gasteiger partial charge in [0.05, 0.1) is 5.92 Å². The number of hydrogen-bond donors (Lipinski definition) is 2. The van der Waals surface area contributed by atoms with Crippen LogP contribution in [-0.4, -0.2) is 47.0 Å². The molecule has 2 atom stereocenters. The van der Waals surface area contributed by atoms with Gasteiger partial charge in [0.2, 0.25) is 0 Å². The van der Waals surface area contributed by atoms with Gasteiger partial charge in [-0.3, -0.25) is 14.6 Å². The van der Waals surface area contributed by atoms with Crippen molar-refractivity contribution >= 4 is 17.6 Å². The van der Waals surface area contributed by atoms with E-state index in [4.69, 9.17) is 5.11 Å². The van der Waals surface area contributed by atoms with Crippen molar-refractivity contribution in [3.63, 3.8) is 0 Å². The average molecular weight is 265 g/mol. The number of carboxylic acids is 1. The minimum Gasteiger partial charge on any atom is -0.481 e. The molecule has 1 amide bonds. The van der Waals surface area contributed by atoms with Crippen molar-refractivity contribution in [1.29, 1.82) is 0 Å². The van der Waals surface area contributed by atoms with E-state index in [1.807, 2.05) is 0 Å². The van der Waals surface area contributed by atoms with E-state index in [0.29, 0.717) is 11.4 Å². The Morgan fingerprint density at radius 1 is 1.37 bits per heavy atom. The van der Waals surface area contributed by atoms with Crippen LogP contribution in [0, 0.1) is 5.92 Å². The van der Waals surface area contributed by atoms with Crippen molar-refractivity contribution in [2.75, 3.05) is 19.4 Å². The highest BCUT2D eigenvalue weighted by Gasteiger charge is 2.19. The molecule has 0 fully saturated rings. The number of hydrogen-bond acceptors (Lipinski definition) is 4. The number of carbonyl (C=O) groups is 2. The lowest BCUT2D eigenvalue weighted by atomic mass is 10.0. The molecule has 0 spiro atoms. The molecule has 104 valence electrons. The van der Waals surface area contributed by atoms with Crippen LogP contribution in [0.25, 0.3) is 0 Å². The number of amides is 1. The van der Waals surface area contributed by atoms with Crippen molar-refractivity contribution < 1.29 is 14.7 Å². The number of nitrogens with zero attached hydrogens (tertiary/aromatic N) is 2. The molecule has 0 aliphatic rings. The van der Waals surface area contributed by atoms with Crippen molar-refractivity contribution in [1.82, 2.24) is 9.88 Å². The zero-order valence-electron chi connectivity index (χ0n) is 11.5. The fourth-order valence-electron chi connectivity index (χ4n) is 1.47. The first-order valence-corrected chi connectivity index (χ1v) is 6.00. The molecule has 1 heterocycles. The maximum Gasteiger partial charge on any atom is 0.308 e. The Morgan fingerprint density at radius 2 is 2.00 bits per heavy atom. The molecule has 6 heteroatoms. The summed E-state index contributed by atoms with van der Waals surface area (Å²) >= 11 is 0. The molecule has 6 nitrogen and oxygen atoms in total. The smallest absolute Gasteiger partial charge is 0.308 e. The van der Waals surface area contributed by atoms with Crippen LogP contribution < -0.4 is 5.32 Å². The number of anilines is 1. The van der Waals surface area contributed by atoms with Crippen molar-refractivity contribution in [2.24, 2.45) is 5.92 Å². The van der Waals surface area contributed by atoms with Crippen LogP contribution in [0.5, 0.6) is 0 Å². The van der Waals surface area contributed by atoms with Gasteiger partial charge in [-0.15, -0.1) is 0 Å². The van der Waals surface area contributed by atoms with Crippen LogP contribution in [0.4, 0.5) is 5.69 Å². The fourth-order valence-corrected chi connectivity index (χ4v) is 1.47. The average Bonchev–Trinajstić information content (AvgIpc) is 2.36. The Morgan fingerprint density at radius 3 is 2.53 bits per heavy atom. The zero-order chi connectivity index (χ0) is 14.6. The van der Waals surface area contributed by atoms with Crippen LogP contribution in [0.15, 0.2) is 18.3 Å². The quantitative estimate of drug-likeness (QED) is 0.838. The molecule has 0 aliphatic heterocycles. The van der Waals surface area contributed by atoms with E-state index in [9.17, 15) is 9.59 Å². The summed E-state index contributed by atoms with van der Waals surface area (Å²) < 4.78 is 0. The Balaban J connectivity index is 2.83. The van der Waals surface area contributed by atoms with Crippen molar-refractivity contribution in [2.45, 2.75) is 19.9 Å². The first kappa shape index (κ1) is 14.9. The second-order valence-corrected chi connectivity index (χ2v) is 4.69. The van der Waals surface area contributed by atoms with Gasteiger partial charge >= 0.3 is 5.97 Å². The summed E-state index contributed by atoms with van der Waals surface area (Å²) in [5, 5.41) is 12.0. The number of rotatable bonds is 5. The molecule has 0 saturated heterocycles. The van der Waals surface area contributed by atoms with E-state index in [1.165, 1.54) is 11.1 Å². The molecule has 19 heavy (non-hydrogen) atoms. The molecule has 1 aromatic rings. The number of nitrogens with one attached hydrogen (secondary N) is 1. The molecular weight excluding hydrogens is 246 g/mol. The predicted octanol–water partition coefficient (Wildman–Crippen LogP) is 1.30. The lowest BCUT2D eigenvalue weighted by molar-refractivity contribution is -0.141. The highest BCUT2D eigenvalue weighted by atomic mass is 16.4. The molecule has 1 rings (SSSR count). The van der Waals surface area contributed by atoms with Crippen LogP contribution in [0.2, 0.25) is 0 Å². The normalized spacial score (nSPS) is 13.5. The molecule has 0 saturated carbocycles. The van der Waals surface area contributed by atoms with Gasteiger partial charge in [0.1, 0.15) is 5.69 Å². The monoisotopic (exact) mass is 265 g/mol. The van der Waals surface area contributed by atoms with Crippen LogP contribution in [0.3, 0.4) is 0 Å². The summed E-state index contributed by atoms with van der Waals surface area (Å²) in [6, 6.07) is 3.08. The van der Waals surface area contributed by atoms with E-state index in [1.54, 1.807) is 40.1 Å². The molecular formula is C13H19N3O3. The van der Waals surface area contributed by atoms with E-state index in [0.717, 1.165) is 0 Å². The Hall–Kier alpha value is -2.11. The van der Waals surface area contributed by atoms with Gasteiger partial charge < -0.3 is 15.3 Å². The minimum absolute atomic E-state index is 0.192. The summed E-state index contributed by atoms with van der Waals surface area (Å²) in [5.74, 6) is -1.58. The van der Waals surface area contributed by atoms with Gasteiger partial charge in [-0.2, -0.15) is 0 Å². The van der Waals surface area contributed by atoms with Crippen LogP contribution in [-0.2, 0) is 4.79 Å². The molecule has 0 bridgehead atoms. The molecule has 1 aromatic heterocycles. The van der Waals surface area contributed by atoms with Gasteiger partial charge in [0.15, 0.2) is 0 Å². The largest absolute Gasteiger partial charge is 0.481 e. The lowest BCUT2D eigenvalue weighted by Crippen LogP contribution is -2.30. The first-order valence-electron chi connectivity index (χ1n) is 6.00. The topological polar surface area (TPSA) is 82.5 Å². The zero-order valence-corrected chi connectivity index (χ0v) is 11.5. The standard InChI is InChI=1S/C13H19N3O3/c1-8(13(18)19)9(2)15-10-5-6-14-11(7-10)12(17)16(3)4/h5-9H,1-4H3,(H,14,15)(H,18,19). The Kier molecular flexibility index (Phi) is 4.86. The van der Waals surface area contributed by atoms with Crippen LogP contribution >= 0.6 is 0 Å². The first-order chi connectivity index (χ1) is 8.82. The van der Waals surface area contributed by atoms with Gasteiger partial charge in [-0.25, -0.2) is 0 Å². The molecule has 0 aromatic carbocycles. The fraction of sp³-hybridized carbons (Fsp3) is 0.462. The van der Waals surface area contributed by atoms with Crippen molar-refractivity contribution in [3.05, 3.63) is 24.0 Å². The molecule has 0 radical (unpaired) electrons. The Bertz CT molecular complexity index is 474. The Labute approximate surface area is 112 Å². The number of pyridine rings is 1. The van der Waals surface area contributed by atoms with E-state index in [-0.39, 0.29) is 11.9 Å². The highest BCUT2D eigenvalue weighted by molar-refractivity contribution is 5.92. The van der Waals surface area contributed by atoms with Gasteiger partial charge in [-0.1, -0.05) is 0 Å². The van der Waals surface area contributed by atoms with E-state index < -0.39 is 11.9 Å². The summed E-state index contributed by atoms with van der Waals surface area (Å²) in [7, 11) is 3.30. The van der Waals surface area contributed by atoms with E-state index >= 15 is 0 Å². The van der Waals surface area contributed by atoms with Gasteiger partial charge in [0.25, 0.3) is 5.91 Å². The molecule has 0 aliphatic carbocycles. The highest BCUT2D eigenvalue weighted by Crippen LogP contribution is 2.14. The second kappa shape index (κ2) is 6.17. The van der Waals surface area contributed by atoms with Gasteiger partial charge in [-0.05, 0) is 26.0 Å². The SMILES string of the molecule is CC(Nc1ccnc(C(=O)N(C)C)c1)C(C)C(=O)O. The van der Waals surface area contributed by atoms with E-state index in [2.05, 4.69) is 10.3 Å². The third kappa shape index (κ3) is 3.94. The number of carbonyl (C=O) groups excluding carboxylic acids is 1. The minimum atomic E-state index is -0.862. The van der Waals surface area contributed by atoms with Crippen molar-refractivity contribution in [3.8, 4) is 0 Å². The third-order valence-corrected chi connectivity index (χ3v) is 2.92. The summed E-state index contributed by atoms with van der Waals surface area (Å²) in [6.45, 7) is 3.42.